The van der Waals surface area contributed by atoms with E-state index in [-0.39, 0.29) is 11.8 Å². The highest BCUT2D eigenvalue weighted by atomic mass is 16.5. The average Bonchev–Trinajstić information content (AvgIpc) is 2.41. The molecule has 1 aliphatic heterocycles. The summed E-state index contributed by atoms with van der Waals surface area (Å²) in [6.45, 7) is 6.94. The second-order valence-electron chi connectivity index (χ2n) is 5.89. The Labute approximate surface area is 120 Å². The molecule has 1 saturated heterocycles. The molecule has 0 spiro atoms. The summed E-state index contributed by atoms with van der Waals surface area (Å²) < 4.78 is 5.60. The third kappa shape index (κ3) is 3.19. The molecule has 1 heterocycles. The maximum absolute atomic E-state index is 12.1. The zero-order valence-electron chi connectivity index (χ0n) is 12.4. The molecule has 1 amide bonds. The van der Waals surface area contributed by atoms with E-state index < -0.39 is 11.7 Å². The Kier molecular flexibility index (Phi) is 4.45. The van der Waals surface area contributed by atoms with Crippen molar-refractivity contribution in [1.29, 1.82) is 0 Å². The molecule has 0 aliphatic carbocycles. The lowest BCUT2D eigenvalue weighted by molar-refractivity contribution is -0.173. The van der Waals surface area contributed by atoms with Gasteiger partial charge in [-0.3, -0.25) is 4.79 Å². The van der Waals surface area contributed by atoms with Crippen molar-refractivity contribution in [2.45, 2.75) is 39.1 Å². The van der Waals surface area contributed by atoms with Crippen LogP contribution in [0.1, 0.15) is 26.3 Å². The van der Waals surface area contributed by atoms with Crippen LogP contribution in [0.5, 0.6) is 0 Å². The number of nitrogens with zero attached hydrogens (tertiary/aromatic N) is 1. The van der Waals surface area contributed by atoms with Crippen LogP contribution in [0.2, 0.25) is 0 Å². The lowest BCUT2D eigenvalue weighted by Gasteiger charge is -2.49. The third-order valence-corrected chi connectivity index (χ3v) is 4.01. The Morgan fingerprint density at radius 2 is 1.90 bits per heavy atom. The van der Waals surface area contributed by atoms with Crippen molar-refractivity contribution >= 4 is 5.91 Å². The third-order valence-electron chi connectivity index (χ3n) is 4.01. The summed E-state index contributed by atoms with van der Waals surface area (Å²) >= 11 is 0. The van der Waals surface area contributed by atoms with E-state index in [4.69, 9.17) is 4.74 Å². The normalized spacial score (nSPS) is 18.8. The van der Waals surface area contributed by atoms with Gasteiger partial charge in [0.25, 0.3) is 5.91 Å². The number of likely N-dealkylation sites (tertiary alicyclic amines) is 1. The zero-order valence-corrected chi connectivity index (χ0v) is 12.4. The van der Waals surface area contributed by atoms with Gasteiger partial charge in [0.05, 0.1) is 19.7 Å². The molecular weight excluding hydrogens is 254 g/mol. The van der Waals surface area contributed by atoms with Gasteiger partial charge in [0.15, 0.2) is 0 Å². The first-order chi connectivity index (χ1) is 9.42. The fourth-order valence-corrected chi connectivity index (χ4v) is 2.26. The summed E-state index contributed by atoms with van der Waals surface area (Å²) in [5.41, 5.74) is 0.323. The van der Waals surface area contributed by atoms with Gasteiger partial charge < -0.3 is 14.7 Å². The highest BCUT2D eigenvalue weighted by Gasteiger charge is 2.46. The molecule has 110 valence electrons. The Bertz CT molecular complexity index is 452. The van der Waals surface area contributed by atoms with Gasteiger partial charge in [-0.1, -0.05) is 44.2 Å². The second kappa shape index (κ2) is 5.94. The maximum atomic E-state index is 12.1. The van der Waals surface area contributed by atoms with Crippen LogP contribution >= 0.6 is 0 Å². The van der Waals surface area contributed by atoms with Gasteiger partial charge in [-0.05, 0) is 18.4 Å². The molecule has 0 aromatic heterocycles. The topological polar surface area (TPSA) is 49.8 Å². The maximum Gasteiger partial charge on any atom is 0.251 e. The fraction of sp³-hybridized carbons (Fsp3) is 0.562. The molecule has 1 aromatic carbocycles. The number of amides is 1. The molecule has 1 N–H and O–H groups in total. The van der Waals surface area contributed by atoms with Gasteiger partial charge >= 0.3 is 0 Å². The molecule has 1 aliphatic rings. The summed E-state index contributed by atoms with van der Waals surface area (Å²) in [7, 11) is 0. The summed E-state index contributed by atoms with van der Waals surface area (Å²) in [6, 6.07) is 9.79. The zero-order chi connectivity index (χ0) is 14.8. The molecule has 1 fully saturated rings. The molecule has 20 heavy (non-hydrogen) atoms. The van der Waals surface area contributed by atoms with Gasteiger partial charge in [-0.25, -0.2) is 0 Å². The van der Waals surface area contributed by atoms with Crippen LogP contribution in [0.15, 0.2) is 30.3 Å². The Hall–Kier alpha value is -1.39. The second-order valence-corrected chi connectivity index (χ2v) is 5.89. The van der Waals surface area contributed by atoms with E-state index >= 15 is 0 Å². The standard InChI is InChI=1S/C16H23NO3/c1-12(2)16(19)10-17(11-16)15(18)13(3)20-9-14-7-5-4-6-8-14/h4-8,12-13,19H,9-11H2,1-3H3. The van der Waals surface area contributed by atoms with Crippen molar-refractivity contribution < 1.29 is 14.6 Å². The molecular formula is C16H23NO3. The first-order valence-corrected chi connectivity index (χ1v) is 7.09. The number of ether oxygens (including phenoxy) is 1. The van der Waals surface area contributed by atoms with E-state index in [0.29, 0.717) is 19.7 Å². The first-order valence-electron chi connectivity index (χ1n) is 7.09. The Balaban J connectivity index is 1.79. The van der Waals surface area contributed by atoms with Crippen molar-refractivity contribution in [3.05, 3.63) is 35.9 Å². The predicted molar refractivity (Wildman–Crippen MR) is 77.1 cm³/mol. The number of carbonyl (C=O) groups is 1. The largest absolute Gasteiger partial charge is 0.386 e. The molecule has 4 heteroatoms. The minimum absolute atomic E-state index is 0.0498. The monoisotopic (exact) mass is 277 g/mol. The van der Waals surface area contributed by atoms with Crippen molar-refractivity contribution in [2.24, 2.45) is 5.92 Å². The molecule has 0 saturated carbocycles. The van der Waals surface area contributed by atoms with E-state index in [1.165, 1.54) is 0 Å². The van der Waals surface area contributed by atoms with Crippen LogP contribution in [0.3, 0.4) is 0 Å². The average molecular weight is 277 g/mol. The van der Waals surface area contributed by atoms with Gasteiger partial charge in [0.1, 0.15) is 11.7 Å². The highest BCUT2D eigenvalue weighted by molar-refractivity contribution is 5.81. The predicted octanol–water partition coefficient (Wildman–Crippen LogP) is 1.82. The molecule has 0 radical (unpaired) electrons. The van der Waals surface area contributed by atoms with Crippen molar-refractivity contribution in [1.82, 2.24) is 4.90 Å². The summed E-state index contributed by atoms with van der Waals surface area (Å²) in [4.78, 5) is 13.8. The number of hydrogen-bond acceptors (Lipinski definition) is 3. The van der Waals surface area contributed by atoms with Gasteiger partial charge in [-0.15, -0.1) is 0 Å². The molecule has 0 bridgehead atoms. The fourth-order valence-electron chi connectivity index (χ4n) is 2.26. The lowest BCUT2D eigenvalue weighted by Crippen LogP contribution is -2.67. The van der Waals surface area contributed by atoms with Crippen molar-refractivity contribution in [3.63, 3.8) is 0 Å². The van der Waals surface area contributed by atoms with E-state index in [0.717, 1.165) is 5.56 Å². The molecule has 1 atom stereocenters. The molecule has 4 nitrogen and oxygen atoms in total. The Morgan fingerprint density at radius 3 is 2.45 bits per heavy atom. The van der Waals surface area contributed by atoms with E-state index in [1.54, 1.807) is 11.8 Å². The number of hydrogen-bond donors (Lipinski definition) is 1. The van der Waals surface area contributed by atoms with Crippen LogP contribution in [0.4, 0.5) is 0 Å². The minimum Gasteiger partial charge on any atom is -0.386 e. The lowest BCUT2D eigenvalue weighted by atomic mass is 9.83. The van der Waals surface area contributed by atoms with Crippen LogP contribution in [-0.2, 0) is 16.1 Å². The number of carbonyl (C=O) groups excluding carboxylic acids is 1. The molecule has 1 aromatic rings. The van der Waals surface area contributed by atoms with Gasteiger partial charge in [0.2, 0.25) is 0 Å². The van der Waals surface area contributed by atoms with Crippen molar-refractivity contribution in [2.75, 3.05) is 13.1 Å². The Morgan fingerprint density at radius 1 is 1.30 bits per heavy atom. The summed E-state index contributed by atoms with van der Waals surface area (Å²) in [5.74, 6) is 0.110. The SMILES string of the molecule is CC(OCc1ccccc1)C(=O)N1CC(O)(C(C)C)C1. The molecule has 2 rings (SSSR count). The number of aliphatic hydroxyl groups is 1. The minimum atomic E-state index is -0.727. The number of rotatable bonds is 5. The van der Waals surface area contributed by atoms with Gasteiger partial charge in [0, 0.05) is 0 Å². The quantitative estimate of drug-likeness (QED) is 0.893. The number of β-amino-alcohol motifs (C(OH)–C–C–N with tert-alkyl or cyclic N) is 1. The summed E-state index contributed by atoms with van der Waals surface area (Å²) in [5, 5.41) is 10.2. The first kappa shape index (κ1) is 15.0. The van der Waals surface area contributed by atoms with E-state index in [2.05, 4.69) is 0 Å². The van der Waals surface area contributed by atoms with Crippen molar-refractivity contribution in [3.8, 4) is 0 Å². The van der Waals surface area contributed by atoms with Gasteiger partial charge in [-0.2, -0.15) is 0 Å². The van der Waals surface area contributed by atoms with Crippen LogP contribution in [0, 0.1) is 5.92 Å². The summed E-state index contributed by atoms with van der Waals surface area (Å²) in [6.07, 6.45) is -0.480. The molecule has 1 unspecified atom stereocenters. The number of benzene rings is 1. The highest BCUT2D eigenvalue weighted by Crippen LogP contribution is 2.29. The van der Waals surface area contributed by atoms with Crippen LogP contribution < -0.4 is 0 Å². The van der Waals surface area contributed by atoms with Crippen LogP contribution in [0.25, 0.3) is 0 Å². The van der Waals surface area contributed by atoms with Crippen LogP contribution in [-0.4, -0.2) is 40.7 Å². The van der Waals surface area contributed by atoms with E-state index in [1.807, 2.05) is 44.2 Å². The van der Waals surface area contributed by atoms with E-state index in [9.17, 15) is 9.90 Å². The smallest absolute Gasteiger partial charge is 0.251 e.